The van der Waals surface area contributed by atoms with Crippen LogP contribution in [0.25, 0.3) is 0 Å². The van der Waals surface area contributed by atoms with Gasteiger partial charge in [-0.2, -0.15) is 5.26 Å². The third-order valence-electron chi connectivity index (χ3n) is 5.90. The van der Waals surface area contributed by atoms with Gasteiger partial charge in [-0.1, -0.05) is 55.7 Å². The van der Waals surface area contributed by atoms with Crippen LogP contribution in [-0.2, 0) is 0 Å². The van der Waals surface area contributed by atoms with Crippen molar-refractivity contribution in [1.82, 2.24) is 0 Å². The van der Waals surface area contributed by atoms with Crippen molar-refractivity contribution in [2.24, 2.45) is 5.73 Å². The van der Waals surface area contributed by atoms with E-state index in [2.05, 4.69) is 13.0 Å². The summed E-state index contributed by atoms with van der Waals surface area (Å²) >= 11 is 0. The number of nitrogens with two attached hydrogens (primary N) is 1. The number of allylic oxidation sites excluding steroid dienone is 1. The van der Waals surface area contributed by atoms with E-state index in [0.29, 0.717) is 29.2 Å². The highest BCUT2D eigenvalue weighted by Gasteiger charge is 2.31. The number of rotatable bonds is 8. The maximum Gasteiger partial charge on any atom is 0.343 e. The molecule has 0 aromatic heterocycles. The van der Waals surface area contributed by atoms with E-state index in [4.69, 9.17) is 19.9 Å². The van der Waals surface area contributed by atoms with Crippen molar-refractivity contribution in [2.45, 2.75) is 39.0 Å². The Kier molecular flexibility index (Phi) is 7.37. The van der Waals surface area contributed by atoms with Gasteiger partial charge in [0.1, 0.15) is 28.9 Å². The van der Waals surface area contributed by atoms with Crippen LogP contribution in [0, 0.1) is 18.3 Å². The Labute approximate surface area is 205 Å². The van der Waals surface area contributed by atoms with Gasteiger partial charge < -0.3 is 19.9 Å². The molecule has 1 heterocycles. The molecule has 35 heavy (non-hydrogen) atoms. The van der Waals surface area contributed by atoms with Crippen molar-refractivity contribution in [2.75, 3.05) is 6.61 Å². The highest BCUT2D eigenvalue weighted by atomic mass is 16.5. The fourth-order valence-electron chi connectivity index (χ4n) is 4.02. The minimum Gasteiger partial charge on any atom is -0.494 e. The third kappa shape index (κ3) is 5.47. The molecule has 1 unspecified atom stereocenters. The van der Waals surface area contributed by atoms with Gasteiger partial charge in [-0.3, -0.25) is 0 Å². The van der Waals surface area contributed by atoms with E-state index in [0.717, 1.165) is 41.7 Å². The molecule has 0 saturated heterocycles. The Morgan fingerprint density at radius 1 is 1.06 bits per heavy atom. The van der Waals surface area contributed by atoms with E-state index >= 15 is 0 Å². The van der Waals surface area contributed by atoms with Crippen LogP contribution < -0.4 is 19.9 Å². The second-order valence-electron chi connectivity index (χ2n) is 8.51. The standard InChI is InChI=1S/C29H28N2O4/c1-3-4-5-15-33-22-8-6-7-21(16-22)27-24-14-13-23(17-26(24)35-28(31)25(27)18-30)34-29(32)20-11-9-19(2)10-12-20/h6-14,16-17,27H,3-5,15,31H2,1-2H3. The molecule has 1 atom stereocenters. The van der Waals surface area contributed by atoms with Crippen LogP contribution in [0.3, 0.4) is 0 Å². The van der Waals surface area contributed by atoms with Crippen molar-refractivity contribution in [3.8, 4) is 23.3 Å². The van der Waals surface area contributed by atoms with Crippen LogP contribution in [0.1, 0.15) is 59.2 Å². The first-order chi connectivity index (χ1) is 17.0. The number of hydrogen-bond donors (Lipinski definition) is 1. The van der Waals surface area contributed by atoms with Gasteiger partial charge in [-0.05, 0) is 49.2 Å². The molecular weight excluding hydrogens is 440 g/mol. The number of benzene rings is 3. The molecule has 0 aliphatic carbocycles. The molecular formula is C29H28N2O4. The maximum atomic E-state index is 12.6. The molecule has 0 radical (unpaired) electrons. The predicted molar refractivity (Wildman–Crippen MR) is 133 cm³/mol. The molecule has 178 valence electrons. The van der Waals surface area contributed by atoms with Gasteiger partial charge in [0.2, 0.25) is 5.88 Å². The van der Waals surface area contributed by atoms with Gasteiger partial charge in [-0.25, -0.2) is 4.79 Å². The first kappa shape index (κ1) is 23.9. The van der Waals surface area contributed by atoms with Gasteiger partial charge in [0, 0.05) is 11.6 Å². The van der Waals surface area contributed by atoms with E-state index in [9.17, 15) is 10.1 Å². The zero-order valence-electron chi connectivity index (χ0n) is 19.9. The second kappa shape index (κ2) is 10.8. The van der Waals surface area contributed by atoms with Crippen LogP contribution >= 0.6 is 0 Å². The van der Waals surface area contributed by atoms with Crippen LogP contribution in [0.2, 0.25) is 0 Å². The topological polar surface area (TPSA) is 94.6 Å². The largest absolute Gasteiger partial charge is 0.494 e. The number of carbonyl (C=O) groups is 1. The van der Waals surface area contributed by atoms with Crippen molar-refractivity contribution in [3.05, 3.63) is 100 Å². The van der Waals surface area contributed by atoms with Crippen LogP contribution in [0.5, 0.6) is 17.2 Å². The molecule has 1 aliphatic heterocycles. The van der Waals surface area contributed by atoms with Crippen molar-refractivity contribution in [1.29, 1.82) is 5.26 Å². The minimum absolute atomic E-state index is 0.0290. The van der Waals surface area contributed by atoms with E-state index in [-0.39, 0.29) is 5.88 Å². The normalized spacial score (nSPS) is 14.5. The smallest absolute Gasteiger partial charge is 0.343 e. The molecule has 3 aromatic carbocycles. The minimum atomic E-state index is -0.466. The number of ether oxygens (including phenoxy) is 3. The molecule has 0 amide bonds. The number of esters is 1. The van der Waals surface area contributed by atoms with Crippen molar-refractivity contribution < 1.29 is 19.0 Å². The van der Waals surface area contributed by atoms with Gasteiger partial charge in [-0.15, -0.1) is 0 Å². The quantitative estimate of drug-likeness (QED) is 0.247. The average molecular weight is 469 g/mol. The zero-order valence-corrected chi connectivity index (χ0v) is 19.9. The molecule has 4 rings (SSSR count). The predicted octanol–water partition coefficient (Wildman–Crippen LogP) is 6.00. The molecule has 6 nitrogen and oxygen atoms in total. The van der Waals surface area contributed by atoms with Gasteiger partial charge in [0.25, 0.3) is 0 Å². The van der Waals surface area contributed by atoms with Gasteiger partial charge >= 0.3 is 5.97 Å². The Balaban J connectivity index is 1.61. The summed E-state index contributed by atoms with van der Waals surface area (Å²) in [6, 6.07) is 22.2. The van der Waals surface area contributed by atoms with Crippen LogP contribution in [0.15, 0.2) is 78.2 Å². The fourth-order valence-corrected chi connectivity index (χ4v) is 4.02. The van der Waals surface area contributed by atoms with Crippen molar-refractivity contribution >= 4 is 5.97 Å². The second-order valence-corrected chi connectivity index (χ2v) is 8.51. The lowest BCUT2D eigenvalue weighted by atomic mass is 9.83. The average Bonchev–Trinajstić information content (AvgIpc) is 2.86. The first-order valence-electron chi connectivity index (χ1n) is 11.7. The summed E-state index contributed by atoms with van der Waals surface area (Å²) in [4.78, 5) is 12.6. The summed E-state index contributed by atoms with van der Waals surface area (Å²) in [5, 5.41) is 9.84. The fraction of sp³-hybridized carbons (Fsp3) is 0.241. The number of fused-ring (bicyclic) bond motifs is 1. The van der Waals surface area contributed by atoms with Crippen LogP contribution in [0.4, 0.5) is 0 Å². The summed E-state index contributed by atoms with van der Waals surface area (Å²) in [5.41, 5.74) is 9.59. The Morgan fingerprint density at radius 2 is 1.86 bits per heavy atom. The summed E-state index contributed by atoms with van der Waals surface area (Å²) in [6.45, 7) is 4.74. The number of nitrogens with zero attached hydrogens (tertiary/aromatic N) is 1. The molecule has 0 saturated carbocycles. The highest BCUT2D eigenvalue weighted by molar-refractivity contribution is 5.91. The summed E-state index contributed by atoms with van der Waals surface area (Å²) in [5.74, 6) is 0.646. The number of nitriles is 1. The van der Waals surface area contributed by atoms with E-state index in [1.807, 2.05) is 43.3 Å². The van der Waals surface area contributed by atoms with Gasteiger partial charge in [0.15, 0.2) is 0 Å². The number of hydrogen-bond acceptors (Lipinski definition) is 6. The Hall–Kier alpha value is -4.24. The first-order valence-corrected chi connectivity index (χ1v) is 11.7. The maximum absolute atomic E-state index is 12.6. The zero-order chi connectivity index (χ0) is 24.8. The third-order valence-corrected chi connectivity index (χ3v) is 5.90. The van der Waals surface area contributed by atoms with E-state index in [1.165, 1.54) is 0 Å². The molecule has 0 fully saturated rings. The Bertz CT molecular complexity index is 1290. The molecule has 6 heteroatoms. The number of carbonyl (C=O) groups excluding carboxylic acids is 1. The number of unbranched alkanes of at least 4 members (excludes halogenated alkanes) is 2. The molecule has 3 aromatic rings. The van der Waals surface area contributed by atoms with E-state index < -0.39 is 11.9 Å². The molecule has 1 aliphatic rings. The molecule has 0 bridgehead atoms. The van der Waals surface area contributed by atoms with Crippen molar-refractivity contribution in [3.63, 3.8) is 0 Å². The molecule has 0 spiro atoms. The lowest BCUT2D eigenvalue weighted by Gasteiger charge is -2.27. The lowest BCUT2D eigenvalue weighted by Crippen LogP contribution is -2.21. The SMILES string of the molecule is CCCCCOc1cccc(C2C(C#N)=C(N)Oc3cc(OC(=O)c4ccc(C)cc4)ccc32)c1. The monoisotopic (exact) mass is 468 g/mol. The van der Waals surface area contributed by atoms with E-state index in [1.54, 1.807) is 30.3 Å². The molecule has 2 N–H and O–H groups in total. The Morgan fingerprint density at radius 3 is 2.60 bits per heavy atom. The van der Waals surface area contributed by atoms with Crippen LogP contribution in [-0.4, -0.2) is 12.6 Å². The lowest BCUT2D eigenvalue weighted by molar-refractivity contribution is 0.0734. The summed E-state index contributed by atoms with van der Waals surface area (Å²) < 4.78 is 17.2. The van der Waals surface area contributed by atoms with Gasteiger partial charge in [0.05, 0.1) is 18.1 Å². The summed E-state index contributed by atoms with van der Waals surface area (Å²) in [7, 11) is 0. The number of aryl methyl sites for hydroxylation is 1. The highest BCUT2D eigenvalue weighted by Crippen LogP contribution is 2.44. The summed E-state index contributed by atoms with van der Waals surface area (Å²) in [6.07, 6.45) is 3.23.